The monoisotopic (exact) mass is 365 g/mol. The van der Waals surface area contributed by atoms with Gasteiger partial charge in [0, 0.05) is 32.4 Å². The van der Waals surface area contributed by atoms with Crippen molar-refractivity contribution in [1.82, 2.24) is 14.8 Å². The summed E-state index contributed by atoms with van der Waals surface area (Å²) in [5, 5.41) is 2.87. The maximum absolute atomic E-state index is 13.6. The van der Waals surface area contributed by atoms with E-state index < -0.39 is 0 Å². The largest absolute Gasteiger partial charge is 0.319 e. The Balaban J connectivity index is 1.75. The molecular weight excluding hydrogens is 342 g/mol. The number of para-hydroxylation sites is 1. The number of anilines is 3. The van der Waals surface area contributed by atoms with Gasteiger partial charge in [-0.25, -0.2) is 4.98 Å². The Morgan fingerprint density at radius 3 is 2.63 bits per heavy atom. The van der Waals surface area contributed by atoms with E-state index in [0.717, 1.165) is 26.2 Å². The van der Waals surface area contributed by atoms with Crippen molar-refractivity contribution in [2.24, 2.45) is 0 Å². The van der Waals surface area contributed by atoms with Crippen LogP contribution < -0.4 is 10.2 Å². The quantitative estimate of drug-likeness (QED) is 0.881. The van der Waals surface area contributed by atoms with Gasteiger partial charge in [-0.2, -0.15) is 0 Å². The highest BCUT2D eigenvalue weighted by Crippen LogP contribution is 2.36. The lowest BCUT2D eigenvalue weighted by atomic mass is 10.1. The van der Waals surface area contributed by atoms with Crippen molar-refractivity contribution >= 4 is 29.0 Å². The molecular formula is C20H23N5O2. The van der Waals surface area contributed by atoms with E-state index in [0.29, 0.717) is 22.8 Å². The number of aromatic nitrogens is 1. The number of hydrogen-bond donors (Lipinski definition) is 1. The van der Waals surface area contributed by atoms with Crippen LogP contribution in [0, 0.1) is 0 Å². The Kier molecular flexibility index (Phi) is 4.63. The molecule has 2 aliphatic rings. The Bertz CT molecular complexity index is 876. The van der Waals surface area contributed by atoms with Crippen LogP contribution in [-0.2, 0) is 4.79 Å². The molecule has 1 aromatic heterocycles. The van der Waals surface area contributed by atoms with Crippen molar-refractivity contribution in [3.05, 3.63) is 48.2 Å². The number of carbonyl (C=O) groups is 2. The van der Waals surface area contributed by atoms with Crippen LogP contribution in [0.5, 0.6) is 0 Å². The fourth-order valence-corrected chi connectivity index (χ4v) is 3.61. The van der Waals surface area contributed by atoms with Crippen LogP contribution in [0.1, 0.15) is 17.3 Å². The second-order valence-corrected chi connectivity index (χ2v) is 7.03. The summed E-state index contributed by atoms with van der Waals surface area (Å²) < 4.78 is 0. The first-order valence-corrected chi connectivity index (χ1v) is 9.18. The van der Waals surface area contributed by atoms with Crippen LogP contribution in [0.25, 0.3) is 0 Å². The summed E-state index contributed by atoms with van der Waals surface area (Å²) in [5.41, 5.74) is 1.57. The molecule has 2 aliphatic heterocycles. The van der Waals surface area contributed by atoms with Gasteiger partial charge in [-0.15, -0.1) is 0 Å². The second-order valence-electron chi connectivity index (χ2n) is 7.03. The molecule has 0 bridgehead atoms. The van der Waals surface area contributed by atoms with Crippen LogP contribution in [-0.4, -0.2) is 65.9 Å². The Morgan fingerprint density at radius 2 is 1.85 bits per heavy atom. The van der Waals surface area contributed by atoms with Gasteiger partial charge < -0.3 is 10.2 Å². The average Bonchev–Trinajstić information content (AvgIpc) is 2.81. The standard InChI is InChI=1S/C20H23N5O2/c1-14(24-12-10-23(2)11-13-24)20(27)25-17-8-4-3-6-15(17)19(26)22-16-7-5-9-21-18(16)25/h3-9,14H,10-13H2,1-2H3,(H,22,26). The number of rotatable bonds is 2. The summed E-state index contributed by atoms with van der Waals surface area (Å²) in [6.45, 7) is 5.47. The number of likely N-dealkylation sites (N-methyl/N-ethyl adjacent to an activating group) is 1. The second kappa shape index (κ2) is 7.09. The van der Waals surface area contributed by atoms with Gasteiger partial charge in [0.1, 0.15) is 0 Å². The number of piperazine rings is 1. The molecule has 1 atom stereocenters. The summed E-state index contributed by atoms with van der Waals surface area (Å²) >= 11 is 0. The van der Waals surface area contributed by atoms with Crippen molar-refractivity contribution in [2.75, 3.05) is 43.4 Å². The average molecular weight is 365 g/mol. The van der Waals surface area contributed by atoms with Crippen molar-refractivity contribution in [2.45, 2.75) is 13.0 Å². The number of nitrogens with zero attached hydrogens (tertiary/aromatic N) is 4. The molecule has 0 radical (unpaired) electrons. The maximum Gasteiger partial charge on any atom is 0.257 e. The molecule has 3 heterocycles. The minimum atomic E-state index is -0.310. The molecule has 0 spiro atoms. The van der Waals surface area contributed by atoms with E-state index in [4.69, 9.17) is 0 Å². The van der Waals surface area contributed by atoms with Crippen molar-refractivity contribution in [3.63, 3.8) is 0 Å². The van der Waals surface area contributed by atoms with E-state index in [1.165, 1.54) is 0 Å². The summed E-state index contributed by atoms with van der Waals surface area (Å²) in [4.78, 5) is 36.7. The molecule has 4 rings (SSSR count). The molecule has 2 amide bonds. The van der Waals surface area contributed by atoms with Gasteiger partial charge in [0.25, 0.3) is 5.91 Å². The van der Waals surface area contributed by atoms with E-state index in [1.54, 1.807) is 41.4 Å². The highest BCUT2D eigenvalue weighted by molar-refractivity contribution is 6.17. The normalized spacial score (nSPS) is 18.9. The predicted octanol–water partition coefficient (Wildman–Crippen LogP) is 1.95. The van der Waals surface area contributed by atoms with Crippen LogP contribution in [0.3, 0.4) is 0 Å². The number of amides is 2. The number of benzene rings is 1. The molecule has 7 heteroatoms. The van der Waals surface area contributed by atoms with Gasteiger partial charge in [-0.3, -0.25) is 19.4 Å². The van der Waals surface area contributed by atoms with E-state index >= 15 is 0 Å². The zero-order chi connectivity index (χ0) is 19.0. The van der Waals surface area contributed by atoms with Gasteiger partial charge in [0.05, 0.1) is 23.0 Å². The predicted molar refractivity (Wildman–Crippen MR) is 104 cm³/mol. The lowest BCUT2D eigenvalue weighted by molar-refractivity contribution is -0.123. The van der Waals surface area contributed by atoms with E-state index in [1.807, 2.05) is 13.0 Å². The van der Waals surface area contributed by atoms with Gasteiger partial charge in [-0.1, -0.05) is 12.1 Å². The number of fused-ring (bicyclic) bond motifs is 2. The van der Waals surface area contributed by atoms with Crippen molar-refractivity contribution in [3.8, 4) is 0 Å². The third kappa shape index (κ3) is 3.20. The molecule has 1 unspecified atom stereocenters. The smallest absolute Gasteiger partial charge is 0.257 e. The summed E-state index contributed by atoms with van der Waals surface area (Å²) in [6.07, 6.45) is 1.64. The first kappa shape index (κ1) is 17.6. The Labute approximate surface area is 158 Å². The van der Waals surface area contributed by atoms with Gasteiger partial charge >= 0.3 is 0 Å². The third-order valence-electron chi connectivity index (χ3n) is 5.30. The topological polar surface area (TPSA) is 68.8 Å². The lowest BCUT2D eigenvalue weighted by Gasteiger charge is -2.37. The number of carbonyl (C=O) groups excluding carboxylic acids is 2. The van der Waals surface area contributed by atoms with Crippen molar-refractivity contribution < 1.29 is 9.59 Å². The van der Waals surface area contributed by atoms with Crippen molar-refractivity contribution in [1.29, 1.82) is 0 Å². The first-order valence-electron chi connectivity index (χ1n) is 9.18. The first-order chi connectivity index (χ1) is 13.1. The zero-order valence-corrected chi connectivity index (χ0v) is 15.6. The minimum absolute atomic E-state index is 0.0801. The SMILES string of the molecule is CC(C(=O)N1c2ccccc2C(=O)Nc2cccnc21)N1CCN(C)CC1. The summed E-state index contributed by atoms with van der Waals surface area (Å²) in [7, 11) is 2.09. The summed E-state index contributed by atoms with van der Waals surface area (Å²) in [5.74, 6) is 0.146. The molecule has 0 saturated carbocycles. The zero-order valence-electron chi connectivity index (χ0n) is 15.6. The molecule has 0 aliphatic carbocycles. The number of nitrogens with one attached hydrogen (secondary N) is 1. The molecule has 7 nitrogen and oxygen atoms in total. The number of hydrogen-bond acceptors (Lipinski definition) is 5. The van der Waals surface area contributed by atoms with Gasteiger partial charge in [0.15, 0.2) is 5.82 Å². The molecule has 2 aromatic rings. The minimum Gasteiger partial charge on any atom is -0.319 e. The third-order valence-corrected chi connectivity index (χ3v) is 5.30. The van der Waals surface area contributed by atoms with E-state index in [9.17, 15) is 9.59 Å². The highest BCUT2D eigenvalue weighted by Gasteiger charge is 2.35. The molecule has 1 N–H and O–H groups in total. The van der Waals surface area contributed by atoms with Crippen LogP contribution in [0.4, 0.5) is 17.2 Å². The summed E-state index contributed by atoms with van der Waals surface area (Å²) in [6, 6.07) is 10.4. The molecule has 1 saturated heterocycles. The Morgan fingerprint density at radius 1 is 1.11 bits per heavy atom. The van der Waals surface area contributed by atoms with Crippen LogP contribution in [0.15, 0.2) is 42.6 Å². The molecule has 140 valence electrons. The maximum atomic E-state index is 13.6. The fourth-order valence-electron chi connectivity index (χ4n) is 3.61. The Hall–Kier alpha value is -2.77. The van der Waals surface area contributed by atoms with E-state index in [-0.39, 0.29) is 17.9 Å². The highest BCUT2D eigenvalue weighted by atomic mass is 16.2. The molecule has 27 heavy (non-hydrogen) atoms. The molecule has 1 aromatic carbocycles. The van der Waals surface area contributed by atoms with Crippen LogP contribution >= 0.6 is 0 Å². The lowest BCUT2D eigenvalue weighted by Crippen LogP contribution is -2.53. The van der Waals surface area contributed by atoms with Crippen LogP contribution in [0.2, 0.25) is 0 Å². The van der Waals surface area contributed by atoms with E-state index in [2.05, 4.69) is 27.1 Å². The van der Waals surface area contributed by atoms with Gasteiger partial charge in [-0.05, 0) is 38.2 Å². The fraction of sp³-hybridized carbons (Fsp3) is 0.350. The number of pyridine rings is 1. The molecule has 1 fully saturated rings. The van der Waals surface area contributed by atoms with Gasteiger partial charge in [0.2, 0.25) is 5.91 Å².